The van der Waals surface area contributed by atoms with Crippen LogP contribution in [0.5, 0.6) is 5.75 Å². The molecule has 0 aromatic heterocycles. The Balaban J connectivity index is 1.62. The van der Waals surface area contributed by atoms with Gasteiger partial charge in [0.1, 0.15) is 18.0 Å². The lowest BCUT2D eigenvalue weighted by molar-refractivity contribution is 0.0458. The van der Waals surface area contributed by atoms with E-state index in [0.29, 0.717) is 6.42 Å². The van der Waals surface area contributed by atoms with E-state index in [-0.39, 0.29) is 17.8 Å². The maximum atomic E-state index is 14.2. The zero-order chi connectivity index (χ0) is 20.5. The topological polar surface area (TPSA) is 73.9 Å². The number of ether oxygens (including phenoxy) is 1. The Hall–Kier alpha value is -2.96. The van der Waals surface area contributed by atoms with Gasteiger partial charge in [-0.25, -0.2) is 8.78 Å². The third kappa shape index (κ3) is 4.13. The Morgan fingerprint density at radius 3 is 2.50 bits per heavy atom. The molecule has 1 aliphatic heterocycles. The van der Waals surface area contributed by atoms with Crippen LogP contribution in [0, 0.1) is 11.6 Å². The minimum absolute atomic E-state index is 0.00612. The number of hydrogen-bond acceptors (Lipinski definition) is 4. The second-order valence-corrected chi connectivity index (χ2v) is 7.71. The number of primary amides is 1. The van der Waals surface area contributed by atoms with Gasteiger partial charge in [0.15, 0.2) is 17.7 Å². The Morgan fingerprint density at radius 2 is 1.89 bits per heavy atom. The average Bonchev–Trinajstić information content (AvgIpc) is 3.09. The van der Waals surface area contributed by atoms with Crippen molar-refractivity contribution >= 4 is 11.6 Å². The monoisotopic (exact) mass is 388 g/mol. The van der Waals surface area contributed by atoms with Gasteiger partial charge in [0.05, 0.1) is 5.71 Å². The molecule has 1 heterocycles. The van der Waals surface area contributed by atoms with Crippen molar-refractivity contribution in [3.8, 4) is 5.75 Å². The smallest absolute Gasteiger partial charge is 0.254 e. The molecular weight excluding hydrogens is 366 g/mol. The van der Waals surface area contributed by atoms with Gasteiger partial charge < -0.3 is 15.3 Å². The van der Waals surface area contributed by atoms with Crippen LogP contribution < -0.4 is 10.5 Å². The molecule has 148 valence electrons. The second-order valence-electron chi connectivity index (χ2n) is 7.71. The van der Waals surface area contributed by atoms with Gasteiger partial charge in [-0.05, 0) is 28.7 Å². The quantitative estimate of drug-likeness (QED) is 0.843. The lowest BCUT2D eigenvalue weighted by Gasteiger charge is -2.19. The lowest BCUT2D eigenvalue weighted by atomic mass is 9.86. The summed E-state index contributed by atoms with van der Waals surface area (Å²) in [6, 6.07) is 10.1. The van der Waals surface area contributed by atoms with Crippen LogP contribution in [0.3, 0.4) is 0 Å². The minimum Gasteiger partial charge on any atom is -0.486 e. The third-order valence-electron chi connectivity index (χ3n) is 4.54. The van der Waals surface area contributed by atoms with Crippen molar-refractivity contribution in [2.24, 2.45) is 10.9 Å². The minimum atomic E-state index is -1.19. The van der Waals surface area contributed by atoms with Crippen LogP contribution >= 0.6 is 0 Å². The van der Waals surface area contributed by atoms with E-state index in [1.54, 1.807) is 0 Å². The molecule has 0 aliphatic carbocycles. The van der Waals surface area contributed by atoms with E-state index in [4.69, 9.17) is 15.3 Å². The summed E-state index contributed by atoms with van der Waals surface area (Å²) in [5.74, 6) is -3.60. The maximum absolute atomic E-state index is 14.2. The predicted octanol–water partition coefficient (Wildman–Crippen LogP) is 3.93. The summed E-state index contributed by atoms with van der Waals surface area (Å²) in [4.78, 5) is 16.5. The molecule has 7 heteroatoms. The number of nitrogens with two attached hydrogens (primary N) is 1. The van der Waals surface area contributed by atoms with Crippen LogP contribution in [0.2, 0.25) is 0 Å². The molecule has 1 amide bonds. The molecule has 0 saturated carbocycles. The number of halogens is 2. The largest absolute Gasteiger partial charge is 0.486 e. The first-order valence-electron chi connectivity index (χ1n) is 8.91. The number of amides is 1. The normalized spacial score (nSPS) is 16.5. The molecule has 2 N–H and O–H groups in total. The Bertz CT molecular complexity index is 918. The molecule has 0 saturated heterocycles. The van der Waals surface area contributed by atoms with Gasteiger partial charge in [-0.3, -0.25) is 4.79 Å². The molecular formula is C21H22F2N2O3. The van der Waals surface area contributed by atoms with Crippen molar-refractivity contribution in [2.75, 3.05) is 6.61 Å². The highest BCUT2D eigenvalue weighted by Crippen LogP contribution is 2.26. The van der Waals surface area contributed by atoms with Crippen molar-refractivity contribution in [2.45, 2.75) is 38.7 Å². The average molecular weight is 388 g/mol. The van der Waals surface area contributed by atoms with Crippen molar-refractivity contribution in [1.82, 2.24) is 0 Å². The molecule has 0 bridgehead atoms. The standard InChI is InChI=1S/C21H22F2N2O3/c1-21(2,3)13-6-4-12(5-7-13)16-10-14(28-25-16)11-27-17-9-8-15(22)18(19(17)23)20(24)26/h4-9,14H,10-11H2,1-3H3,(H2,24,26). The molecule has 2 aromatic rings. The predicted molar refractivity (Wildman–Crippen MR) is 102 cm³/mol. The lowest BCUT2D eigenvalue weighted by Crippen LogP contribution is -2.20. The molecule has 1 unspecified atom stereocenters. The molecule has 3 rings (SSSR count). The van der Waals surface area contributed by atoms with Crippen LogP contribution in [0.4, 0.5) is 8.78 Å². The van der Waals surface area contributed by atoms with Gasteiger partial charge in [-0.15, -0.1) is 0 Å². The van der Waals surface area contributed by atoms with Crippen molar-refractivity contribution in [3.05, 3.63) is 64.7 Å². The zero-order valence-electron chi connectivity index (χ0n) is 16.0. The number of oxime groups is 1. The Labute approximate surface area is 162 Å². The summed E-state index contributed by atoms with van der Waals surface area (Å²) in [5, 5.41) is 4.08. The summed E-state index contributed by atoms with van der Waals surface area (Å²) in [6.45, 7) is 6.42. The zero-order valence-corrected chi connectivity index (χ0v) is 16.0. The number of nitrogens with zero attached hydrogens (tertiary/aromatic N) is 1. The van der Waals surface area contributed by atoms with Crippen LogP contribution in [0.25, 0.3) is 0 Å². The Kier molecular flexibility index (Phi) is 5.36. The summed E-state index contributed by atoms with van der Waals surface area (Å²) in [5.41, 5.74) is 7.18. The number of hydrogen-bond donors (Lipinski definition) is 1. The van der Waals surface area contributed by atoms with Gasteiger partial charge >= 0.3 is 0 Å². The Morgan fingerprint density at radius 1 is 1.21 bits per heavy atom. The van der Waals surface area contributed by atoms with E-state index in [1.807, 2.05) is 12.1 Å². The van der Waals surface area contributed by atoms with Crippen LogP contribution in [-0.4, -0.2) is 24.3 Å². The SMILES string of the molecule is CC(C)(C)c1ccc(C2=NOC(COc3ccc(F)c(C(N)=O)c3F)C2)cc1. The first kappa shape index (κ1) is 19.8. The van der Waals surface area contributed by atoms with E-state index in [2.05, 4.69) is 38.1 Å². The molecule has 0 radical (unpaired) electrons. The highest BCUT2D eigenvalue weighted by molar-refractivity contribution is 6.01. The van der Waals surface area contributed by atoms with E-state index < -0.39 is 29.2 Å². The fourth-order valence-corrected chi connectivity index (χ4v) is 2.90. The van der Waals surface area contributed by atoms with Gasteiger partial charge in [-0.1, -0.05) is 50.2 Å². The van der Waals surface area contributed by atoms with Crippen molar-refractivity contribution in [3.63, 3.8) is 0 Å². The first-order chi connectivity index (χ1) is 13.2. The number of rotatable bonds is 5. The van der Waals surface area contributed by atoms with E-state index in [1.165, 1.54) is 5.56 Å². The summed E-state index contributed by atoms with van der Waals surface area (Å²) in [6.07, 6.45) is 0.0687. The molecule has 0 spiro atoms. The fourth-order valence-electron chi connectivity index (χ4n) is 2.90. The van der Waals surface area contributed by atoms with Crippen molar-refractivity contribution in [1.29, 1.82) is 0 Å². The van der Waals surface area contributed by atoms with Crippen LogP contribution in [-0.2, 0) is 10.3 Å². The molecule has 5 nitrogen and oxygen atoms in total. The molecule has 2 aromatic carbocycles. The van der Waals surface area contributed by atoms with Gasteiger partial charge in [0, 0.05) is 6.42 Å². The third-order valence-corrected chi connectivity index (χ3v) is 4.54. The van der Waals surface area contributed by atoms with Crippen LogP contribution in [0.15, 0.2) is 41.6 Å². The molecule has 1 aliphatic rings. The summed E-state index contributed by atoms with van der Waals surface area (Å²) >= 11 is 0. The molecule has 1 atom stereocenters. The van der Waals surface area contributed by atoms with Gasteiger partial charge in [0.2, 0.25) is 0 Å². The number of benzene rings is 2. The summed E-state index contributed by atoms with van der Waals surface area (Å²) < 4.78 is 33.1. The van der Waals surface area contributed by atoms with Crippen LogP contribution in [0.1, 0.15) is 48.7 Å². The fraction of sp³-hybridized carbons (Fsp3) is 0.333. The molecule has 28 heavy (non-hydrogen) atoms. The highest BCUT2D eigenvalue weighted by Gasteiger charge is 2.25. The first-order valence-corrected chi connectivity index (χ1v) is 8.91. The van der Waals surface area contributed by atoms with Gasteiger partial charge in [-0.2, -0.15) is 0 Å². The maximum Gasteiger partial charge on any atom is 0.254 e. The number of carbonyl (C=O) groups excluding carboxylic acids is 1. The van der Waals surface area contributed by atoms with E-state index in [9.17, 15) is 13.6 Å². The highest BCUT2D eigenvalue weighted by atomic mass is 19.1. The van der Waals surface area contributed by atoms with E-state index in [0.717, 1.165) is 23.4 Å². The van der Waals surface area contributed by atoms with Gasteiger partial charge in [0.25, 0.3) is 5.91 Å². The second kappa shape index (κ2) is 7.58. The van der Waals surface area contributed by atoms with Crippen molar-refractivity contribution < 1.29 is 23.1 Å². The van der Waals surface area contributed by atoms with E-state index >= 15 is 0 Å². The molecule has 0 fully saturated rings. The number of carbonyl (C=O) groups is 1. The summed E-state index contributed by atoms with van der Waals surface area (Å²) in [7, 11) is 0.